The number of piperidine rings is 1. The molecule has 0 saturated carbocycles. The van der Waals surface area contributed by atoms with E-state index in [4.69, 9.17) is 0 Å². The molecule has 80 valence electrons. The second-order valence-electron chi connectivity index (χ2n) is 3.62. The summed E-state index contributed by atoms with van der Waals surface area (Å²) in [7, 11) is 0. The Labute approximate surface area is 86.8 Å². The molecule has 0 amide bonds. The standard InChI is InChI=1S/C9H12N4O2/c14-9(12-6-3-10-7-12)8-1-4-13(11-15)5-2-8/h3,6-8H,1-2,4-5H2. The Hall–Kier alpha value is -1.72. The molecular formula is C9H12N4O2. The fraction of sp³-hybridized carbons (Fsp3) is 0.556. The van der Waals surface area contributed by atoms with Crippen LogP contribution in [0.2, 0.25) is 0 Å². The van der Waals surface area contributed by atoms with Crippen molar-refractivity contribution in [3.8, 4) is 0 Å². The molecule has 0 atom stereocenters. The molecule has 0 radical (unpaired) electrons. The number of aromatic nitrogens is 2. The molecule has 1 aromatic heterocycles. The monoisotopic (exact) mass is 208 g/mol. The highest BCUT2D eigenvalue weighted by Crippen LogP contribution is 2.18. The van der Waals surface area contributed by atoms with Crippen LogP contribution in [0, 0.1) is 10.8 Å². The SMILES string of the molecule is O=NN1CCC(C(=O)n2ccnc2)CC1. The summed E-state index contributed by atoms with van der Waals surface area (Å²) in [6.45, 7) is 1.13. The Kier molecular flexibility index (Phi) is 2.75. The Morgan fingerprint density at radius 1 is 1.40 bits per heavy atom. The van der Waals surface area contributed by atoms with Crippen LogP contribution in [0.5, 0.6) is 0 Å². The second kappa shape index (κ2) is 4.20. The molecule has 1 aromatic rings. The van der Waals surface area contributed by atoms with Gasteiger partial charge in [0.05, 0.1) is 5.29 Å². The van der Waals surface area contributed by atoms with E-state index in [1.165, 1.54) is 15.9 Å². The molecule has 1 fully saturated rings. The van der Waals surface area contributed by atoms with Crippen molar-refractivity contribution in [1.29, 1.82) is 0 Å². The first-order valence-corrected chi connectivity index (χ1v) is 4.91. The highest BCUT2D eigenvalue weighted by atomic mass is 16.3. The molecule has 6 nitrogen and oxygen atoms in total. The topological polar surface area (TPSA) is 67.6 Å². The number of carbonyl (C=O) groups is 1. The minimum atomic E-state index is -0.0165. The molecule has 6 heteroatoms. The van der Waals surface area contributed by atoms with Crippen molar-refractivity contribution in [3.05, 3.63) is 23.6 Å². The third-order valence-corrected chi connectivity index (χ3v) is 2.69. The van der Waals surface area contributed by atoms with Gasteiger partial charge in [0.15, 0.2) is 0 Å². The molecule has 1 saturated heterocycles. The number of hydrogen-bond acceptors (Lipinski definition) is 4. The Balaban J connectivity index is 1.96. The lowest BCUT2D eigenvalue weighted by atomic mass is 9.97. The van der Waals surface area contributed by atoms with Crippen molar-refractivity contribution in [2.75, 3.05) is 13.1 Å². The smallest absolute Gasteiger partial charge is 0.235 e. The largest absolute Gasteiger partial charge is 0.276 e. The van der Waals surface area contributed by atoms with Crippen molar-refractivity contribution >= 4 is 5.91 Å². The quantitative estimate of drug-likeness (QED) is 0.677. The highest BCUT2D eigenvalue weighted by Gasteiger charge is 2.25. The first kappa shape index (κ1) is 9.82. The minimum Gasteiger partial charge on any atom is -0.276 e. The van der Waals surface area contributed by atoms with Gasteiger partial charge in [-0.25, -0.2) is 4.98 Å². The van der Waals surface area contributed by atoms with Gasteiger partial charge in [-0.15, -0.1) is 4.91 Å². The Morgan fingerprint density at radius 3 is 2.67 bits per heavy atom. The first-order chi connectivity index (χ1) is 7.31. The van der Waals surface area contributed by atoms with E-state index in [-0.39, 0.29) is 11.8 Å². The number of rotatable bonds is 2. The van der Waals surface area contributed by atoms with Gasteiger partial charge in [-0.1, -0.05) is 0 Å². The maximum atomic E-state index is 11.9. The number of imidazole rings is 1. The molecule has 0 unspecified atom stereocenters. The second-order valence-corrected chi connectivity index (χ2v) is 3.62. The molecule has 0 N–H and O–H groups in total. The van der Waals surface area contributed by atoms with E-state index >= 15 is 0 Å². The zero-order valence-electron chi connectivity index (χ0n) is 8.24. The zero-order chi connectivity index (χ0) is 10.7. The van der Waals surface area contributed by atoms with Crippen LogP contribution >= 0.6 is 0 Å². The van der Waals surface area contributed by atoms with E-state index in [0.29, 0.717) is 25.9 Å². The van der Waals surface area contributed by atoms with Gasteiger partial charge in [0.1, 0.15) is 6.33 Å². The van der Waals surface area contributed by atoms with Gasteiger partial charge in [0, 0.05) is 31.4 Å². The molecule has 1 aliphatic rings. The fourth-order valence-corrected chi connectivity index (χ4v) is 1.79. The molecule has 0 bridgehead atoms. The lowest BCUT2D eigenvalue weighted by Crippen LogP contribution is -2.34. The average molecular weight is 208 g/mol. The van der Waals surface area contributed by atoms with Gasteiger partial charge in [0.25, 0.3) is 0 Å². The minimum absolute atomic E-state index is 0.0165. The first-order valence-electron chi connectivity index (χ1n) is 4.91. The zero-order valence-corrected chi connectivity index (χ0v) is 8.24. The third kappa shape index (κ3) is 2.03. The van der Waals surface area contributed by atoms with Crippen LogP contribution in [0.1, 0.15) is 17.6 Å². The lowest BCUT2D eigenvalue weighted by Gasteiger charge is -2.26. The molecule has 2 heterocycles. The van der Waals surface area contributed by atoms with Crippen molar-refractivity contribution in [1.82, 2.24) is 14.6 Å². The van der Waals surface area contributed by atoms with Crippen LogP contribution in [0.4, 0.5) is 0 Å². The number of nitroso groups, excluding NO2 is 1. The van der Waals surface area contributed by atoms with Gasteiger partial charge in [0.2, 0.25) is 5.91 Å². The van der Waals surface area contributed by atoms with Gasteiger partial charge in [-0.2, -0.15) is 0 Å². The predicted molar refractivity (Wildman–Crippen MR) is 52.9 cm³/mol. The molecule has 2 rings (SSSR count). The molecule has 0 spiro atoms. The van der Waals surface area contributed by atoms with Crippen LogP contribution in [0.15, 0.2) is 24.0 Å². The normalized spacial score (nSPS) is 17.7. The third-order valence-electron chi connectivity index (χ3n) is 2.69. The molecular weight excluding hydrogens is 196 g/mol. The van der Waals surface area contributed by atoms with E-state index in [0.717, 1.165) is 0 Å². The highest BCUT2D eigenvalue weighted by molar-refractivity contribution is 5.81. The van der Waals surface area contributed by atoms with E-state index in [1.807, 2.05) is 0 Å². The summed E-state index contributed by atoms with van der Waals surface area (Å²) in [6, 6.07) is 0. The van der Waals surface area contributed by atoms with E-state index < -0.39 is 0 Å². The molecule has 15 heavy (non-hydrogen) atoms. The molecule has 0 aromatic carbocycles. The molecule has 1 aliphatic heterocycles. The van der Waals surface area contributed by atoms with E-state index in [2.05, 4.69) is 10.3 Å². The lowest BCUT2D eigenvalue weighted by molar-refractivity contribution is 0.0753. The summed E-state index contributed by atoms with van der Waals surface area (Å²) in [5.41, 5.74) is 0. The maximum absolute atomic E-state index is 11.9. The summed E-state index contributed by atoms with van der Waals surface area (Å²) in [5, 5.41) is 4.31. The number of carbonyl (C=O) groups excluding carboxylic acids is 1. The average Bonchev–Trinajstić information content (AvgIpc) is 2.82. The summed E-state index contributed by atoms with van der Waals surface area (Å²) < 4.78 is 1.49. The van der Waals surface area contributed by atoms with E-state index in [1.54, 1.807) is 12.4 Å². The van der Waals surface area contributed by atoms with Gasteiger partial charge >= 0.3 is 0 Å². The van der Waals surface area contributed by atoms with Crippen molar-refractivity contribution in [3.63, 3.8) is 0 Å². The van der Waals surface area contributed by atoms with Crippen LogP contribution < -0.4 is 0 Å². The maximum Gasteiger partial charge on any atom is 0.235 e. The number of nitrogens with zero attached hydrogens (tertiary/aromatic N) is 4. The van der Waals surface area contributed by atoms with Crippen LogP contribution in [0.25, 0.3) is 0 Å². The van der Waals surface area contributed by atoms with Crippen molar-refractivity contribution in [2.24, 2.45) is 11.2 Å². The summed E-state index contributed by atoms with van der Waals surface area (Å²) in [5.74, 6) is 0.0373. The summed E-state index contributed by atoms with van der Waals surface area (Å²) in [4.78, 5) is 25.9. The Morgan fingerprint density at radius 2 is 2.13 bits per heavy atom. The van der Waals surface area contributed by atoms with Crippen LogP contribution in [-0.4, -0.2) is 33.6 Å². The Bertz CT molecular complexity index is 341. The predicted octanol–water partition coefficient (Wildman–Crippen LogP) is 0.917. The summed E-state index contributed by atoms with van der Waals surface area (Å²) in [6.07, 6.45) is 6.10. The molecule has 0 aliphatic carbocycles. The van der Waals surface area contributed by atoms with Crippen molar-refractivity contribution in [2.45, 2.75) is 12.8 Å². The summed E-state index contributed by atoms with van der Waals surface area (Å²) >= 11 is 0. The van der Waals surface area contributed by atoms with Crippen LogP contribution in [0.3, 0.4) is 0 Å². The van der Waals surface area contributed by atoms with Gasteiger partial charge in [-0.05, 0) is 12.8 Å². The van der Waals surface area contributed by atoms with Crippen molar-refractivity contribution < 1.29 is 4.79 Å². The fourth-order valence-electron chi connectivity index (χ4n) is 1.79. The van der Waals surface area contributed by atoms with Gasteiger partial charge < -0.3 is 0 Å². The van der Waals surface area contributed by atoms with Crippen LogP contribution in [-0.2, 0) is 0 Å². The van der Waals surface area contributed by atoms with Gasteiger partial charge in [-0.3, -0.25) is 14.4 Å². The number of hydrogen-bond donors (Lipinski definition) is 0. The van der Waals surface area contributed by atoms with E-state index in [9.17, 15) is 9.70 Å².